The van der Waals surface area contributed by atoms with E-state index < -0.39 is 6.03 Å². The van der Waals surface area contributed by atoms with Crippen molar-refractivity contribution in [2.75, 3.05) is 32.8 Å². The van der Waals surface area contributed by atoms with Gasteiger partial charge in [-0.05, 0) is 23.8 Å². The topological polar surface area (TPSA) is 91.8 Å². The van der Waals surface area contributed by atoms with E-state index in [4.69, 9.17) is 16.3 Å². The minimum Gasteiger partial charge on any atom is -0.368 e. The van der Waals surface area contributed by atoms with Crippen LogP contribution in [0.5, 0.6) is 0 Å². The second-order valence-electron chi connectivity index (χ2n) is 7.46. The molecular formula is C22H23ClN4O4. The zero-order chi connectivity index (χ0) is 21.8. The molecule has 31 heavy (non-hydrogen) atoms. The van der Waals surface area contributed by atoms with E-state index in [1.165, 1.54) is 0 Å². The first kappa shape index (κ1) is 21.3. The van der Waals surface area contributed by atoms with E-state index in [-0.39, 0.29) is 37.3 Å². The molecule has 0 aliphatic carbocycles. The van der Waals surface area contributed by atoms with Crippen molar-refractivity contribution in [2.45, 2.75) is 18.9 Å². The molecule has 1 aromatic heterocycles. The lowest BCUT2D eigenvalue weighted by atomic mass is 10.1. The maximum Gasteiger partial charge on any atom is 0.324 e. The van der Waals surface area contributed by atoms with Crippen molar-refractivity contribution in [3.05, 3.63) is 53.3 Å². The third-order valence-corrected chi connectivity index (χ3v) is 5.64. The highest BCUT2D eigenvalue weighted by molar-refractivity contribution is 6.30. The van der Waals surface area contributed by atoms with Gasteiger partial charge in [-0.25, -0.2) is 4.79 Å². The van der Waals surface area contributed by atoms with Gasteiger partial charge in [-0.15, -0.1) is 0 Å². The molecule has 2 aliphatic rings. The van der Waals surface area contributed by atoms with Crippen LogP contribution in [0.3, 0.4) is 0 Å². The summed E-state index contributed by atoms with van der Waals surface area (Å²) in [4.78, 5) is 43.7. The van der Waals surface area contributed by atoms with Crippen molar-refractivity contribution in [1.29, 1.82) is 0 Å². The van der Waals surface area contributed by atoms with Gasteiger partial charge in [-0.2, -0.15) is 0 Å². The molecule has 8 nitrogen and oxygen atoms in total. The molecule has 9 heteroatoms. The number of amides is 4. The van der Waals surface area contributed by atoms with Gasteiger partial charge >= 0.3 is 6.03 Å². The quantitative estimate of drug-likeness (QED) is 0.768. The van der Waals surface area contributed by atoms with Crippen LogP contribution in [-0.4, -0.2) is 65.4 Å². The molecule has 162 valence electrons. The number of nitrogens with one attached hydrogen (secondary N) is 1. The number of hydrogen-bond acceptors (Lipinski definition) is 5. The lowest BCUT2D eigenvalue weighted by molar-refractivity contribution is -0.140. The van der Waals surface area contributed by atoms with E-state index in [0.29, 0.717) is 31.3 Å². The second-order valence-corrected chi connectivity index (χ2v) is 7.90. The number of urea groups is 1. The van der Waals surface area contributed by atoms with Crippen LogP contribution in [0.4, 0.5) is 4.79 Å². The summed E-state index contributed by atoms with van der Waals surface area (Å²) in [5.74, 6) is -0.365. The van der Waals surface area contributed by atoms with E-state index in [1.54, 1.807) is 11.1 Å². The fraction of sp³-hybridized carbons (Fsp3) is 0.364. The van der Waals surface area contributed by atoms with Crippen LogP contribution in [0.25, 0.3) is 11.1 Å². The van der Waals surface area contributed by atoms with E-state index in [9.17, 15) is 14.4 Å². The zero-order valence-electron chi connectivity index (χ0n) is 16.9. The monoisotopic (exact) mass is 442 g/mol. The number of rotatable bonds is 5. The van der Waals surface area contributed by atoms with Crippen molar-refractivity contribution < 1.29 is 19.1 Å². The second kappa shape index (κ2) is 9.45. The predicted octanol–water partition coefficient (Wildman–Crippen LogP) is 2.63. The average molecular weight is 443 g/mol. The summed E-state index contributed by atoms with van der Waals surface area (Å²) in [6, 6.07) is 11.0. The molecule has 1 unspecified atom stereocenters. The van der Waals surface area contributed by atoms with Crippen molar-refractivity contribution >= 4 is 29.4 Å². The summed E-state index contributed by atoms with van der Waals surface area (Å²) in [5, 5.41) is 3.28. The SMILES string of the molecule is O=C(CCN1C(=O)CCNC1=O)N1CCOC(c2ccc(-c3cccc(Cl)c3)cn2)C1. The van der Waals surface area contributed by atoms with Crippen molar-refractivity contribution in [3.8, 4) is 11.1 Å². The summed E-state index contributed by atoms with van der Waals surface area (Å²) in [7, 11) is 0. The highest BCUT2D eigenvalue weighted by Crippen LogP contribution is 2.25. The normalized spacial score (nSPS) is 19.3. The molecule has 1 aromatic carbocycles. The first-order valence-corrected chi connectivity index (χ1v) is 10.6. The maximum absolute atomic E-state index is 12.7. The summed E-state index contributed by atoms with van der Waals surface area (Å²) in [6.07, 6.45) is 1.79. The van der Waals surface area contributed by atoms with Gasteiger partial charge in [0.25, 0.3) is 0 Å². The van der Waals surface area contributed by atoms with Gasteiger partial charge in [0, 0.05) is 49.3 Å². The Balaban J connectivity index is 1.36. The molecule has 4 rings (SSSR count). The molecule has 3 heterocycles. The Kier molecular flexibility index (Phi) is 6.48. The van der Waals surface area contributed by atoms with Crippen molar-refractivity contribution in [1.82, 2.24) is 20.1 Å². The Morgan fingerprint density at radius 2 is 2.10 bits per heavy atom. The Hall–Kier alpha value is -2.97. The predicted molar refractivity (Wildman–Crippen MR) is 114 cm³/mol. The Morgan fingerprint density at radius 1 is 1.23 bits per heavy atom. The first-order chi connectivity index (χ1) is 15.0. The number of nitrogens with zero attached hydrogens (tertiary/aromatic N) is 3. The van der Waals surface area contributed by atoms with Crippen LogP contribution in [0, 0.1) is 0 Å². The fourth-order valence-electron chi connectivity index (χ4n) is 3.70. The number of imide groups is 1. The molecule has 2 saturated heterocycles. The van der Waals surface area contributed by atoms with Gasteiger partial charge in [0.05, 0.1) is 18.8 Å². The lowest BCUT2D eigenvalue weighted by Gasteiger charge is -2.33. The highest BCUT2D eigenvalue weighted by atomic mass is 35.5. The van der Waals surface area contributed by atoms with Crippen LogP contribution in [0.15, 0.2) is 42.6 Å². The lowest BCUT2D eigenvalue weighted by Crippen LogP contribution is -2.51. The minimum absolute atomic E-state index is 0.0815. The Morgan fingerprint density at radius 3 is 2.84 bits per heavy atom. The number of carbonyl (C=O) groups is 3. The number of ether oxygens (including phenoxy) is 1. The summed E-state index contributed by atoms with van der Waals surface area (Å²) >= 11 is 6.06. The number of halogens is 1. The average Bonchev–Trinajstić information content (AvgIpc) is 2.79. The van der Waals surface area contributed by atoms with Gasteiger partial charge in [-0.1, -0.05) is 29.8 Å². The molecule has 2 fully saturated rings. The molecule has 2 aliphatic heterocycles. The van der Waals surface area contributed by atoms with Gasteiger partial charge in [-0.3, -0.25) is 19.5 Å². The van der Waals surface area contributed by atoms with E-state index in [0.717, 1.165) is 21.7 Å². The van der Waals surface area contributed by atoms with Crippen LogP contribution in [-0.2, 0) is 14.3 Å². The number of carbonyl (C=O) groups excluding carboxylic acids is 3. The minimum atomic E-state index is -0.437. The highest BCUT2D eigenvalue weighted by Gasteiger charge is 2.29. The number of hydrogen-bond donors (Lipinski definition) is 1. The molecule has 0 radical (unpaired) electrons. The molecule has 1 N–H and O–H groups in total. The van der Waals surface area contributed by atoms with Gasteiger partial charge in [0.15, 0.2) is 0 Å². The molecule has 0 saturated carbocycles. The Bertz CT molecular complexity index is 966. The smallest absolute Gasteiger partial charge is 0.324 e. The number of aromatic nitrogens is 1. The molecule has 4 amide bonds. The Labute approximate surface area is 185 Å². The zero-order valence-corrected chi connectivity index (χ0v) is 17.7. The summed E-state index contributed by atoms with van der Waals surface area (Å²) in [5.41, 5.74) is 2.66. The largest absolute Gasteiger partial charge is 0.368 e. The van der Waals surface area contributed by atoms with Crippen molar-refractivity contribution in [2.24, 2.45) is 0 Å². The molecule has 0 bridgehead atoms. The van der Waals surface area contributed by atoms with Gasteiger partial charge in [0.1, 0.15) is 6.10 Å². The summed E-state index contributed by atoms with van der Waals surface area (Å²) < 4.78 is 5.83. The van der Waals surface area contributed by atoms with Gasteiger partial charge < -0.3 is 15.0 Å². The van der Waals surface area contributed by atoms with E-state index >= 15 is 0 Å². The standard InChI is InChI=1S/C22H23ClN4O4/c23-17-3-1-2-15(12-17)16-4-5-18(25-13-16)19-14-26(10-11-31-19)20(28)7-9-27-21(29)6-8-24-22(27)30/h1-5,12-13,19H,6-11,14H2,(H,24,30). The fourth-order valence-corrected chi connectivity index (χ4v) is 3.89. The maximum atomic E-state index is 12.7. The molecular weight excluding hydrogens is 420 g/mol. The van der Waals surface area contributed by atoms with Crippen LogP contribution < -0.4 is 5.32 Å². The molecule has 2 aromatic rings. The first-order valence-electron chi connectivity index (χ1n) is 10.2. The third-order valence-electron chi connectivity index (χ3n) is 5.40. The van der Waals surface area contributed by atoms with Crippen LogP contribution in [0.2, 0.25) is 5.02 Å². The van der Waals surface area contributed by atoms with Gasteiger partial charge in [0.2, 0.25) is 11.8 Å². The summed E-state index contributed by atoms with van der Waals surface area (Å²) in [6.45, 7) is 1.67. The van der Waals surface area contributed by atoms with Crippen molar-refractivity contribution in [3.63, 3.8) is 0 Å². The van der Waals surface area contributed by atoms with E-state index in [2.05, 4.69) is 10.3 Å². The molecule has 0 spiro atoms. The molecule has 1 atom stereocenters. The number of morpholine rings is 1. The number of benzene rings is 1. The third kappa shape index (κ3) is 5.03. The number of pyridine rings is 1. The van der Waals surface area contributed by atoms with Crippen LogP contribution in [0.1, 0.15) is 24.6 Å². The van der Waals surface area contributed by atoms with Crippen LogP contribution >= 0.6 is 11.6 Å². The van der Waals surface area contributed by atoms with E-state index in [1.807, 2.05) is 36.4 Å².